The lowest BCUT2D eigenvalue weighted by Gasteiger charge is -2.13. The normalized spacial score (nSPS) is 12.5. The van der Waals surface area contributed by atoms with E-state index >= 15 is 0 Å². The zero-order valence-electron chi connectivity index (χ0n) is 11.0. The fraction of sp³-hybridized carbons (Fsp3) is 0.125. The Morgan fingerprint density at radius 3 is 2.67 bits per heavy atom. The minimum absolute atomic E-state index is 0.459. The van der Waals surface area contributed by atoms with E-state index in [9.17, 15) is 5.11 Å². The number of aliphatic hydroxyl groups excluding tert-OH is 1. The molecule has 0 aliphatic rings. The Morgan fingerprint density at radius 1 is 1.05 bits per heavy atom. The number of aromatic nitrogens is 2. The summed E-state index contributed by atoms with van der Waals surface area (Å²) in [6.07, 6.45) is 3.30. The summed E-state index contributed by atoms with van der Waals surface area (Å²) in [4.78, 5) is 8.71. The molecule has 0 spiro atoms. The second-order valence-corrected chi connectivity index (χ2v) is 6.49. The summed E-state index contributed by atoms with van der Waals surface area (Å²) >= 11 is 6.87. The highest BCUT2D eigenvalue weighted by molar-refractivity contribution is 9.11. The molecule has 3 rings (SSSR count). The third-order valence-corrected chi connectivity index (χ3v) is 4.46. The number of fused-ring (bicyclic) bond motifs is 1. The lowest BCUT2D eigenvalue weighted by molar-refractivity contribution is 0.178. The third-order valence-electron chi connectivity index (χ3n) is 3.30. The predicted molar refractivity (Wildman–Crippen MR) is 90.0 cm³/mol. The number of hydrogen-bond acceptors (Lipinski definition) is 3. The maximum absolute atomic E-state index is 10.5. The molecule has 3 nitrogen and oxygen atoms in total. The van der Waals surface area contributed by atoms with Crippen molar-refractivity contribution in [2.75, 3.05) is 0 Å². The van der Waals surface area contributed by atoms with Crippen molar-refractivity contribution in [2.45, 2.75) is 12.5 Å². The summed E-state index contributed by atoms with van der Waals surface area (Å²) in [7, 11) is 0. The van der Waals surface area contributed by atoms with Gasteiger partial charge in [0.1, 0.15) is 0 Å². The number of aliphatic hydroxyl groups is 1. The van der Waals surface area contributed by atoms with Crippen LogP contribution in [0.25, 0.3) is 10.9 Å². The van der Waals surface area contributed by atoms with Crippen LogP contribution in [0, 0.1) is 0 Å². The molecule has 0 saturated heterocycles. The Kier molecular flexibility index (Phi) is 4.33. The van der Waals surface area contributed by atoms with E-state index in [2.05, 4.69) is 41.8 Å². The van der Waals surface area contributed by atoms with Crippen LogP contribution in [-0.4, -0.2) is 15.1 Å². The SMILES string of the molecule is OC(Cc1ccc(Br)cn1)c1ccc(Br)c2cccnc12. The number of nitrogens with zero attached hydrogens (tertiary/aromatic N) is 2. The number of halogens is 2. The first-order valence-corrected chi connectivity index (χ1v) is 8.05. The molecule has 2 aromatic heterocycles. The van der Waals surface area contributed by atoms with Crippen LogP contribution >= 0.6 is 31.9 Å². The van der Waals surface area contributed by atoms with E-state index in [-0.39, 0.29) is 0 Å². The topological polar surface area (TPSA) is 46.0 Å². The van der Waals surface area contributed by atoms with Gasteiger partial charge < -0.3 is 5.11 Å². The van der Waals surface area contributed by atoms with Crippen molar-refractivity contribution < 1.29 is 5.11 Å². The van der Waals surface area contributed by atoms with E-state index in [1.54, 1.807) is 12.4 Å². The number of benzene rings is 1. The highest BCUT2D eigenvalue weighted by Gasteiger charge is 2.14. The van der Waals surface area contributed by atoms with Gasteiger partial charge in [0.15, 0.2) is 0 Å². The highest BCUT2D eigenvalue weighted by Crippen LogP contribution is 2.30. The fourth-order valence-corrected chi connectivity index (χ4v) is 2.95. The molecule has 0 fully saturated rings. The zero-order chi connectivity index (χ0) is 14.8. The van der Waals surface area contributed by atoms with Gasteiger partial charge in [0.25, 0.3) is 0 Å². The molecule has 0 bridgehead atoms. The molecule has 2 heterocycles. The summed E-state index contributed by atoms with van der Waals surface area (Å²) < 4.78 is 1.90. The molecule has 0 aliphatic heterocycles. The number of hydrogen-bond donors (Lipinski definition) is 1. The van der Waals surface area contributed by atoms with E-state index in [4.69, 9.17) is 0 Å². The summed E-state index contributed by atoms with van der Waals surface area (Å²) in [6, 6.07) is 11.6. The minimum atomic E-state index is -0.635. The van der Waals surface area contributed by atoms with Gasteiger partial charge in [-0.25, -0.2) is 0 Å². The van der Waals surface area contributed by atoms with Crippen molar-refractivity contribution in [1.29, 1.82) is 0 Å². The van der Waals surface area contributed by atoms with E-state index in [1.165, 1.54) is 0 Å². The zero-order valence-corrected chi connectivity index (χ0v) is 14.2. The van der Waals surface area contributed by atoms with E-state index in [0.29, 0.717) is 6.42 Å². The van der Waals surface area contributed by atoms with Gasteiger partial charge in [0, 0.05) is 44.4 Å². The van der Waals surface area contributed by atoms with Crippen LogP contribution in [0.2, 0.25) is 0 Å². The minimum Gasteiger partial charge on any atom is -0.388 e. The molecule has 5 heteroatoms. The quantitative estimate of drug-likeness (QED) is 0.698. The molecule has 0 radical (unpaired) electrons. The second-order valence-electron chi connectivity index (χ2n) is 4.72. The third kappa shape index (κ3) is 3.15. The van der Waals surface area contributed by atoms with Crippen LogP contribution in [0.4, 0.5) is 0 Å². The van der Waals surface area contributed by atoms with Gasteiger partial charge in [-0.1, -0.05) is 28.1 Å². The second kappa shape index (κ2) is 6.22. The Bertz CT molecular complexity index is 775. The van der Waals surface area contributed by atoms with Gasteiger partial charge in [-0.05, 0) is 40.2 Å². The van der Waals surface area contributed by atoms with Crippen molar-refractivity contribution >= 4 is 42.8 Å². The monoisotopic (exact) mass is 406 g/mol. The maximum Gasteiger partial charge on any atom is 0.0866 e. The van der Waals surface area contributed by atoms with Gasteiger partial charge in [-0.15, -0.1) is 0 Å². The molecule has 1 atom stereocenters. The van der Waals surface area contributed by atoms with Crippen LogP contribution in [0.1, 0.15) is 17.4 Å². The van der Waals surface area contributed by atoms with Crippen LogP contribution in [0.5, 0.6) is 0 Å². The summed E-state index contributed by atoms with van der Waals surface area (Å²) in [5, 5.41) is 11.5. The Balaban J connectivity index is 1.96. The van der Waals surface area contributed by atoms with Crippen molar-refractivity contribution in [3.63, 3.8) is 0 Å². The van der Waals surface area contributed by atoms with Gasteiger partial charge in [0.2, 0.25) is 0 Å². The molecule has 3 aromatic rings. The van der Waals surface area contributed by atoms with Crippen LogP contribution in [0.15, 0.2) is 57.7 Å². The van der Waals surface area contributed by atoms with Crippen LogP contribution in [-0.2, 0) is 6.42 Å². The number of pyridine rings is 2. The predicted octanol–water partition coefficient (Wildman–Crippen LogP) is 4.43. The smallest absolute Gasteiger partial charge is 0.0866 e. The lowest BCUT2D eigenvalue weighted by Crippen LogP contribution is -2.05. The first kappa shape index (κ1) is 14.6. The Hall–Kier alpha value is -1.30. The van der Waals surface area contributed by atoms with Gasteiger partial charge in [-0.3, -0.25) is 9.97 Å². The Morgan fingerprint density at radius 2 is 1.90 bits per heavy atom. The molecule has 1 N–H and O–H groups in total. The average Bonchev–Trinajstić information content (AvgIpc) is 2.50. The molecule has 1 unspecified atom stereocenters. The van der Waals surface area contributed by atoms with Crippen molar-refractivity contribution in [1.82, 2.24) is 9.97 Å². The van der Waals surface area contributed by atoms with Gasteiger partial charge in [0.05, 0.1) is 11.6 Å². The fourth-order valence-electron chi connectivity index (χ4n) is 2.26. The number of rotatable bonds is 3. The lowest BCUT2D eigenvalue weighted by atomic mass is 10.0. The molecule has 0 aliphatic carbocycles. The molecule has 0 amide bonds. The molecule has 106 valence electrons. The first-order valence-electron chi connectivity index (χ1n) is 6.47. The molecular weight excluding hydrogens is 396 g/mol. The summed E-state index contributed by atoms with van der Waals surface area (Å²) in [6.45, 7) is 0. The van der Waals surface area contributed by atoms with Gasteiger partial charge in [-0.2, -0.15) is 0 Å². The Labute approximate surface area is 139 Å². The van der Waals surface area contributed by atoms with E-state index in [1.807, 2.05) is 36.4 Å². The highest BCUT2D eigenvalue weighted by atomic mass is 79.9. The van der Waals surface area contributed by atoms with Crippen molar-refractivity contribution in [2.24, 2.45) is 0 Å². The van der Waals surface area contributed by atoms with E-state index < -0.39 is 6.10 Å². The largest absolute Gasteiger partial charge is 0.388 e. The van der Waals surface area contributed by atoms with Crippen molar-refractivity contribution in [3.05, 3.63) is 69.0 Å². The van der Waals surface area contributed by atoms with Crippen LogP contribution in [0.3, 0.4) is 0 Å². The molecule has 0 saturated carbocycles. The van der Waals surface area contributed by atoms with Crippen molar-refractivity contribution in [3.8, 4) is 0 Å². The summed E-state index contributed by atoms with van der Waals surface area (Å²) in [5.41, 5.74) is 2.48. The average molecular weight is 408 g/mol. The standard InChI is InChI=1S/C16H12Br2N2O/c17-10-3-4-11(20-9-10)8-15(21)13-5-6-14(18)12-2-1-7-19-16(12)13/h1-7,9,15,21H,8H2. The maximum atomic E-state index is 10.5. The molecule has 1 aromatic carbocycles. The summed E-state index contributed by atoms with van der Waals surface area (Å²) in [5.74, 6) is 0. The first-order chi connectivity index (χ1) is 10.1. The van der Waals surface area contributed by atoms with Crippen LogP contribution < -0.4 is 0 Å². The molecule has 21 heavy (non-hydrogen) atoms. The van der Waals surface area contributed by atoms with E-state index in [0.717, 1.165) is 31.1 Å². The van der Waals surface area contributed by atoms with Gasteiger partial charge >= 0.3 is 0 Å². The molecular formula is C16H12Br2N2O.